The minimum Gasteiger partial charge on any atom is -0.478 e. The van der Waals surface area contributed by atoms with E-state index in [1.807, 2.05) is 6.07 Å². The van der Waals surface area contributed by atoms with Gasteiger partial charge < -0.3 is 14.9 Å². The van der Waals surface area contributed by atoms with Crippen LogP contribution in [0.1, 0.15) is 23.2 Å². The highest BCUT2D eigenvalue weighted by Crippen LogP contribution is 2.33. The summed E-state index contributed by atoms with van der Waals surface area (Å²) < 4.78 is 0.859. The molecule has 0 bridgehead atoms. The second kappa shape index (κ2) is 5.92. The summed E-state index contributed by atoms with van der Waals surface area (Å²) in [4.78, 5) is 15.5. The smallest absolute Gasteiger partial charge is 0.335 e. The van der Waals surface area contributed by atoms with Crippen molar-refractivity contribution in [1.29, 1.82) is 0 Å². The average Bonchev–Trinajstić information content (AvgIpc) is 2.75. The highest BCUT2D eigenvalue weighted by Gasteiger charge is 2.26. The van der Waals surface area contributed by atoms with Crippen molar-refractivity contribution in [3.8, 4) is 0 Å². The van der Waals surface area contributed by atoms with Gasteiger partial charge in [0, 0.05) is 23.6 Å². The third kappa shape index (κ3) is 3.28. The molecule has 1 fully saturated rings. The molecule has 2 rings (SSSR count). The number of anilines is 1. The first-order valence-electron chi connectivity index (χ1n) is 6.43. The van der Waals surface area contributed by atoms with E-state index in [-0.39, 0.29) is 0 Å². The molecule has 0 saturated carbocycles. The van der Waals surface area contributed by atoms with Crippen LogP contribution in [-0.4, -0.2) is 49.2 Å². The predicted octanol–water partition coefficient (Wildman–Crippen LogP) is 2.68. The van der Waals surface area contributed by atoms with Crippen LogP contribution in [0.25, 0.3) is 0 Å². The number of halogens is 1. The normalized spacial score (nSPS) is 19.2. The molecule has 0 amide bonds. The van der Waals surface area contributed by atoms with E-state index in [1.165, 1.54) is 12.8 Å². The van der Waals surface area contributed by atoms with Crippen molar-refractivity contribution >= 4 is 27.6 Å². The molecule has 0 radical (unpaired) electrons. The molecule has 1 heterocycles. The number of rotatable bonds is 4. The van der Waals surface area contributed by atoms with Crippen molar-refractivity contribution in [2.45, 2.75) is 18.9 Å². The highest BCUT2D eigenvalue weighted by molar-refractivity contribution is 9.10. The maximum absolute atomic E-state index is 11.0. The van der Waals surface area contributed by atoms with Crippen LogP contribution in [-0.2, 0) is 0 Å². The molecule has 1 atom stereocenters. The summed E-state index contributed by atoms with van der Waals surface area (Å²) in [5, 5.41) is 9.00. The zero-order chi connectivity index (χ0) is 14.0. The molecule has 1 aromatic carbocycles. The van der Waals surface area contributed by atoms with Crippen molar-refractivity contribution in [3.05, 3.63) is 28.2 Å². The molecular formula is C14H19BrN2O2. The molecule has 1 aliphatic rings. The van der Waals surface area contributed by atoms with E-state index in [2.05, 4.69) is 39.8 Å². The SMILES string of the molecule is CN(C)CC1CCCN1c1ccc(C(=O)O)cc1Br. The van der Waals surface area contributed by atoms with E-state index >= 15 is 0 Å². The first-order chi connectivity index (χ1) is 8.99. The molecule has 5 heteroatoms. The monoisotopic (exact) mass is 326 g/mol. The van der Waals surface area contributed by atoms with Crippen LogP contribution in [0, 0.1) is 0 Å². The third-order valence-electron chi connectivity index (χ3n) is 3.46. The fourth-order valence-corrected chi connectivity index (χ4v) is 3.24. The topological polar surface area (TPSA) is 43.8 Å². The molecule has 19 heavy (non-hydrogen) atoms. The summed E-state index contributed by atoms with van der Waals surface area (Å²) in [6.07, 6.45) is 2.37. The molecule has 1 unspecified atom stereocenters. The van der Waals surface area contributed by atoms with E-state index in [1.54, 1.807) is 12.1 Å². The van der Waals surface area contributed by atoms with Gasteiger partial charge in [-0.1, -0.05) is 0 Å². The van der Waals surface area contributed by atoms with Gasteiger partial charge in [-0.05, 0) is 61.1 Å². The van der Waals surface area contributed by atoms with Crippen molar-refractivity contribution in [3.63, 3.8) is 0 Å². The van der Waals surface area contributed by atoms with Gasteiger partial charge in [-0.15, -0.1) is 0 Å². The van der Waals surface area contributed by atoms with Gasteiger partial charge in [0.25, 0.3) is 0 Å². The van der Waals surface area contributed by atoms with Gasteiger partial charge in [0.15, 0.2) is 0 Å². The van der Waals surface area contributed by atoms with Gasteiger partial charge in [-0.2, -0.15) is 0 Å². The van der Waals surface area contributed by atoms with Gasteiger partial charge in [-0.3, -0.25) is 0 Å². The number of hydrogen-bond donors (Lipinski definition) is 1. The standard InChI is InChI=1S/C14H19BrN2O2/c1-16(2)9-11-4-3-7-17(11)13-6-5-10(14(18)19)8-12(13)15/h5-6,8,11H,3-4,7,9H2,1-2H3,(H,18,19). The molecule has 104 valence electrons. The number of carboxylic acids is 1. The van der Waals surface area contributed by atoms with Crippen LogP contribution in [0.15, 0.2) is 22.7 Å². The maximum Gasteiger partial charge on any atom is 0.335 e. The van der Waals surface area contributed by atoms with Crippen molar-refractivity contribution in [1.82, 2.24) is 4.90 Å². The molecule has 1 N–H and O–H groups in total. The quantitative estimate of drug-likeness (QED) is 0.923. The van der Waals surface area contributed by atoms with Gasteiger partial charge in [0.2, 0.25) is 0 Å². The Morgan fingerprint density at radius 2 is 2.26 bits per heavy atom. The van der Waals surface area contributed by atoms with Crippen LogP contribution in [0.4, 0.5) is 5.69 Å². The number of carbonyl (C=O) groups is 1. The van der Waals surface area contributed by atoms with Crippen molar-refractivity contribution in [2.75, 3.05) is 32.1 Å². The molecule has 0 aliphatic carbocycles. The van der Waals surface area contributed by atoms with Crippen LogP contribution >= 0.6 is 15.9 Å². The zero-order valence-electron chi connectivity index (χ0n) is 11.3. The van der Waals surface area contributed by atoms with Crippen molar-refractivity contribution in [2.24, 2.45) is 0 Å². The molecule has 1 saturated heterocycles. The lowest BCUT2D eigenvalue weighted by atomic mass is 10.1. The number of nitrogens with zero attached hydrogens (tertiary/aromatic N) is 2. The fourth-order valence-electron chi connectivity index (χ4n) is 2.64. The molecule has 0 aromatic heterocycles. The summed E-state index contributed by atoms with van der Waals surface area (Å²) in [5.41, 5.74) is 1.41. The Kier molecular flexibility index (Phi) is 4.47. The Hall–Kier alpha value is -1.07. The van der Waals surface area contributed by atoms with E-state index in [4.69, 9.17) is 5.11 Å². The van der Waals surface area contributed by atoms with E-state index in [9.17, 15) is 4.79 Å². The average molecular weight is 327 g/mol. The number of likely N-dealkylation sites (N-methyl/N-ethyl adjacent to an activating group) is 1. The lowest BCUT2D eigenvalue weighted by Crippen LogP contribution is -2.37. The molecule has 0 spiro atoms. The van der Waals surface area contributed by atoms with Crippen LogP contribution in [0.5, 0.6) is 0 Å². The molecule has 1 aliphatic heterocycles. The second-order valence-corrected chi connectivity index (χ2v) is 6.08. The summed E-state index contributed by atoms with van der Waals surface area (Å²) >= 11 is 3.50. The van der Waals surface area contributed by atoms with E-state index in [0.29, 0.717) is 11.6 Å². The fraction of sp³-hybridized carbons (Fsp3) is 0.500. The predicted molar refractivity (Wildman–Crippen MR) is 80.0 cm³/mol. The number of benzene rings is 1. The number of carboxylic acid groups (broad SMARTS) is 1. The summed E-state index contributed by atoms with van der Waals surface area (Å²) in [6, 6.07) is 5.76. The van der Waals surface area contributed by atoms with Gasteiger partial charge in [0.05, 0.1) is 11.3 Å². The minimum atomic E-state index is -0.890. The number of aromatic carboxylic acids is 1. The number of hydrogen-bond acceptors (Lipinski definition) is 3. The Bertz CT molecular complexity index is 477. The Morgan fingerprint density at radius 3 is 2.84 bits per heavy atom. The van der Waals surface area contributed by atoms with E-state index in [0.717, 1.165) is 23.2 Å². The van der Waals surface area contributed by atoms with Gasteiger partial charge in [-0.25, -0.2) is 4.79 Å². The van der Waals surface area contributed by atoms with E-state index < -0.39 is 5.97 Å². The van der Waals surface area contributed by atoms with Crippen molar-refractivity contribution < 1.29 is 9.90 Å². The lowest BCUT2D eigenvalue weighted by molar-refractivity contribution is 0.0697. The van der Waals surface area contributed by atoms with Crippen LogP contribution in [0.2, 0.25) is 0 Å². The Morgan fingerprint density at radius 1 is 1.53 bits per heavy atom. The first kappa shape index (κ1) is 14.3. The van der Waals surface area contributed by atoms with Crippen LogP contribution < -0.4 is 4.90 Å². The maximum atomic E-state index is 11.0. The highest BCUT2D eigenvalue weighted by atomic mass is 79.9. The van der Waals surface area contributed by atoms with Gasteiger partial charge in [0.1, 0.15) is 0 Å². The Balaban J connectivity index is 2.23. The largest absolute Gasteiger partial charge is 0.478 e. The Labute approximate surface area is 122 Å². The summed E-state index contributed by atoms with van der Waals surface area (Å²) in [7, 11) is 4.16. The zero-order valence-corrected chi connectivity index (χ0v) is 12.9. The first-order valence-corrected chi connectivity index (χ1v) is 7.22. The van der Waals surface area contributed by atoms with Gasteiger partial charge >= 0.3 is 5.97 Å². The summed E-state index contributed by atoms with van der Waals surface area (Å²) in [5.74, 6) is -0.890. The molecular weight excluding hydrogens is 308 g/mol. The molecule has 4 nitrogen and oxygen atoms in total. The summed E-state index contributed by atoms with van der Waals surface area (Å²) in [6.45, 7) is 2.05. The van der Waals surface area contributed by atoms with Crippen LogP contribution in [0.3, 0.4) is 0 Å². The third-order valence-corrected chi connectivity index (χ3v) is 4.09. The minimum absolute atomic E-state index is 0.319. The second-order valence-electron chi connectivity index (χ2n) is 5.22. The lowest BCUT2D eigenvalue weighted by Gasteiger charge is -2.30. The molecule has 1 aromatic rings.